The van der Waals surface area contributed by atoms with Crippen molar-refractivity contribution in [3.63, 3.8) is 0 Å². The lowest BCUT2D eigenvalue weighted by atomic mass is 9.98. The van der Waals surface area contributed by atoms with Crippen molar-refractivity contribution in [1.29, 1.82) is 0 Å². The molecule has 0 aliphatic heterocycles. The lowest BCUT2D eigenvalue weighted by Gasteiger charge is -2.16. The summed E-state index contributed by atoms with van der Waals surface area (Å²) in [6.45, 7) is 0. The predicted molar refractivity (Wildman–Crippen MR) is 85.9 cm³/mol. The normalized spacial score (nSPS) is 12.6. The van der Waals surface area contributed by atoms with Gasteiger partial charge in [0.2, 0.25) is 0 Å². The van der Waals surface area contributed by atoms with E-state index in [0.29, 0.717) is 5.02 Å². The van der Waals surface area contributed by atoms with E-state index >= 15 is 0 Å². The second kappa shape index (κ2) is 5.44. The van der Waals surface area contributed by atoms with Gasteiger partial charge in [0, 0.05) is 15.3 Å². The van der Waals surface area contributed by atoms with Gasteiger partial charge in [-0.1, -0.05) is 29.8 Å². The molecule has 0 spiro atoms. The predicted octanol–water partition coefficient (Wildman–Crippen LogP) is 4.61. The maximum Gasteiger partial charge on any atom is 0.124 e. The average Bonchev–Trinajstić information content (AvgIpc) is 2.90. The van der Waals surface area contributed by atoms with Crippen molar-refractivity contribution in [3.05, 3.63) is 64.0 Å². The van der Waals surface area contributed by atoms with Gasteiger partial charge < -0.3 is 10.5 Å². The molecule has 0 radical (unpaired) electrons. The molecular formula is C16H14ClNOS. The lowest BCUT2D eigenvalue weighted by molar-refractivity contribution is 0.408. The van der Waals surface area contributed by atoms with Gasteiger partial charge in [-0.05, 0) is 40.6 Å². The summed E-state index contributed by atoms with van der Waals surface area (Å²) in [5.41, 5.74) is 8.45. The first-order chi connectivity index (χ1) is 9.70. The molecule has 102 valence electrons. The van der Waals surface area contributed by atoms with Crippen molar-refractivity contribution in [2.45, 2.75) is 6.04 Å². The van der Waals surface area contributed by atoms with Gasteiger partial charge in [0.25, 0.3) is 0 Å². The van der Waals surface area contributed by atoms with Crippen LogP contribution in [0.2, 0.25) is 5.02 Å². The molecule has 2 N–H and O–H groups in total. The first-order valence-corrected chi connectivity index (χ1v) is 7.51. The van der Waals surface area contributed by atoms with Crippen molar-refractivity contribution in [1.82, 2.24) is 0 Å². The Morgan fingerprint density at radius 2 is 1.95 bits per heavy atom. The standard InChI is InChI=1S/C16H14ClNOS/c1-19-14-7-6-10(17)8-12(14)16(18)13-9-20-15-5-3-2-4-11(13)15/h2-9,16H,18H2,1H3. The molecule has 0 saturated heterocycles. The number of fused-ring (bicyclic) bond motifs is 1. The molecule has 0 bridgehead atoms. The van der Waals surface area contributed by atoms with E-state index in [2.05, 4.69) is 17.5 Å². The van der Waals surface area contributed by atoms with Gasteiger partial charge in [-0.2, -0.15) is 0 Å². The van der Waals surface area contributed by atoms with Gasteiger partial charge in [-0.3, -0.25) is 0 Å². The lowest BCUT2D eigenvalue weighted by Crippen LogP contribution is -2.12. The summed E-state index contributed by atoms with van der Waals surface area (Å²) in [4.78, 5) is 0. The smallest absolute Gasteiger partial charge is 0.124 e. The second-order valence-corrected chi connectivity index (χ2v) is 5.90. The molecule has 0 saturated carbocycles. The molecule has 0 fully saturated rings. The van der Waals surface area contributed by atoms with E-state index in [-0.39, 0.29) is 6.04 Å². The summed E-state index contributed by atoms with van der Waals surface area (Å²) in [6.07, 6.45) is 0. The summed E-state index contributed by atoms with van der Waals surface area (Å²) >= 11 is 7.79. The first kappa shape index (κ1) is 13.4. The third-order valence-electron chi connectivity index (χ3n) is 3.37. The van der Waals surface area contributed by atoms with E-state index in [1.807, 2.05) is 30.3 Å². The van der Waals surface area contributed by atoms with Crippen LogP contribution >= 0.6 is 22.9 Å². The largest absolute Gasteiger partial charge is 0.496 e. The summed E-state index contributed by atoms with van der Waals surface area (Å²) in [6, 6.07) is 13.5. The third-order valence-corrected chi connectivity index (χ3v) is 4.59. The first-order valence-electron chi connectivity index (χ1n) is 6.26. The summed E-state index contributed by atoms with van der Waals surface area (Å²) in [5, 5.41) is 3.96. The average molecular weight is 304 g/mol. The van der Waals surface area contributed by atoms with Gasteiger partial charge in [-0.15, -0.1) is 11.3 Å². The summed E-state index contributed by atoms with van der Waals surface area (Å²) in [7, 11) is 1.64. The highest BCUT2D eigenvalue weighted by Crippen LogP contribution is 2.36. The Balaban J connectivity index is 2.13. The Hall–Kier alpha value is -1.55. The van der Waals surface area contributed by atoms with E-state index in [1.54, 1.807) is 18.4 Å². The van der Waals surface area contributed by atoms with Crippen LogP contribution < -0.4 is 10.5 Å². The molecule has 2 nitrogen and oxygen atoms in total. The molecule has 3 aromatic rings. The van der Waals surface area contributed by atoms with E-state index < -0.39 is 0 Å². The molecule has 0 amide bonds. The van der Waals surface area contributed by atoms with Gasteiger partial charge in [0.15, 0.2) is 0 Å². The van der Waals surface area contributed by atoms with Crippen LogP contribution in [-0.4, -0.2) is 7.11 Å². The number of halogens is 1. The van der Waals surface area contributed by atoms with Crippen molar-refractivity contribution < 1.29 is 4.74 Å². The molecule has 2 aromatic carbocycles. The minimum Gasteiger partial charge on any atom is -0.496 e. The van der Waals surface area contributed by atoms with E-state index in [9.17, 15) is 0 Å². The number of benzene rings is 2. The Morgan fingerprint density at radius 3 is 2.75 bits per heavy atom. The fourth-order valence-corrected chi connectivity index (χ4v) is 3.53. The number of hydrogen-bond donors (Lipinski definition) is 1. The summed E-state index contributed by atoms with van der Waals surface area (Å²) < 4.78 is 6.63. The third kappa shape index (κ3) is 2.29. The molecule has 0 aliphatic carbocycles. The maximum atomic E-state index is 6.44. The van der Waals surface area contributed by atoms with Crippen LogP contribution in [0.4, 0.5) is 0 Å². The Labute approximate surface area is 126 Å². The van der Waals surface area contributed by atoms with Crippen LogP contribution in [0.25, 0.3) is 10.1 Å². The van der Waals surface area contributed by atoms with Crippen LogP contribution in [0, 0.1) is 0 Å². The van der Waals surface area contributed by atoms with Crippen molar-refractivity contribution in [2.75, 3.05) is 7.11 Å². The van der Waals surface area contributed by atoms with E-state index in [1.165, 1.54) is 10.1 Å². The number of rotatable bonds is 3. The van der Waals surface area contributed by atoms with Crippen LogP contribution in [0.3, 0.4) is 0 Å². The number of ether oxygens (including phenoxy) is 1. The van der Waals surface area contributed by atoms with Crippen molar-refractivity contribution >= 4 is 33.0 Å². The van der Waals surface area contributed by atoms with E-state index in [4.69, 9.17) is 22.1 Å². The molecule has 1 heterocycles. The van der Waals surface area contributed by atoms with Crippen molar-refractivity contribution in [2.24, 2.45) is 5.73 Å². The zero-order valence-corrected chi connectivity index (χ0v) is 12.5. The SMILES string of the molecule is COc1ccc(Cl)cc1C(N)c1csc2ccccc12. The minimum absolute atomic E-state index is 0.250. The van der Waals surface area contributed by atoms with Gasteiger partial charge >= 0.3 is 0 Å². The second-order valence-electron chi connectivity index (χ2n) is 4.55. The molecule has 0 aliphatic rings. The maximum absolute atomic E-state index is 6.44. The highest BCUT2D eigenvalue weighted by Gasteiger charge is 2.17. The molecule has 1 aromatic heterocycles. The summed E-state index contributed by atoms with van der Waals surface area (Å²) in [5.74, 6) is 0.761. The van der Waals surface area contributed by atoms with Gasteiger partial charge in [0.05, 0.1) is 13.2 Å². The fourth-order valence-electron chi connectivity index (χ4n) is 2.35. The molecule has 1 unspecified atom stereocenters. The topological polar surface area (TPSA) is 35.2 Å². The number of thiophene rings is 1. The molecular weight excluding hydrogens is 290 g/mol. The number of hydrogen-bond acceptors (Lipinski definition) is 3. The molecule has 20 heavy (non-hydrogen) atoms. The molecule has 1 atom stereocenters. The van der Waals surface area contributed by atoms with Crippen LogP contribution in [-0.2, 0) is 0 Å². The highest BCUT2D eigenvalue weighted by atomic mass is 35.5. The molecule has 4 heteroatoms. The number of nitrogens with two attached hydrogens (primary N) is 1. The zero-order chi connectivity index (χ0) is 14.1. The minimum atomic E-state index is -0.250. The molecule has 3 rings (SSSR count). The van der Waals surface area contributed by atoms with Gasteiger partial charge in [0.1, 0.15) is 5.75 Å². The monoisotopic (exact) mass is 303 g/mol. The van der Waals surface area contributed by atoms with Crippen LogP contribution in [0.5, 0.6) is 5.75 Å². The Kier molecular flexibility index (Phi) is 3.66. The van der Waals surface area contributed by atoms with Crippen LogP contribution in [0.1, 0.15) is 17.2 Å². The zero-order valence-electron chi connectivity index (χ0n) is 11.0. The van der Waals surface area contributed by atoms with Gasteiger partial charge in [-0.25, -0.2) is 0 Å². The quantitative estimate of drug-likeness (QED) is 0.767. The van der Waals surface area contributed by atoms with E-state index in [0.717, 1.165) is 16.9 Å². The van der Waals surface area contributed by atoms with Crippen molar-refractivity contribution in [3.8, 4) is 5.75 Å². The Bertz CT molecular complexity index is 753. The van der Waals surface area contributed by atoms with Crippen LogP contribution in [0.15, 0.2) is 47.8 Å². The number of methoxy groups -OCH3 is 1. The fraction of sp³-hybridized carbons (Fsp3) is 0.125. The highest BCUT2D eigenvalue weighted by molar-refractivity contribution is 7.17. The Morgan fingerprint density at radius 1 is 1.15 bits per heavy atom.